The van der Waals surface area contributed by atoms with Crippen LogP contribution in [0, 0.1) is 0 Å². The summed E-state index contributed by atoms with van der Waals surface area (Å²) in [5, 5.41) is 0. The highest BCUT2D eigenvalue weighted by atomic mass is 79.9. The van der Waals surface area contributed by atoms with E-state index in [1.807, 2.05) is 0 Å². The van der Waals surface area contributed by atoms with Gasteiger partial charge in [-0.2, -0.15) is 0 Å². The smallest absolute Gasteiger partial charge is 0.338 e. The highest BCUT2D eigenvalue weighted by Crippen LogP contribution is 2.38. The largest absolute Gasteiger partial charge is 0.493 e. The molecule has 0 heterocycles. The monoisotopic (exact) mass is 607 g/mol. The van der Waals surface area contributed by atoms with Crippen LogP contribution in [-0.2, 0) is 14.8 Å². The van der Waals surface area contributed by atoms with Crippen molar-refractivity contribution in [1.82, 2.24) is 0 Å². The highest BCUT2D eigenvalue weighted by Gasteiger charge is 2.21. The Kier molecular flexibility index (Phi) is 9.59. The van der Waals surface area contributed by atoms with E-state index >= 15 is 0 Å². The van der Waals surface area contributed by atoms with Gasteiger partial charge in [0.2, 0.25) is 11.5 Å². The first-order valence-electron chi connectivity index (χ1n) is 11.2. The summed E-state index contributed by atoms with van der Waals surface area (Å²) in [7, 11) is 0.303. The van der Waals surface area contributed by atoms with E-state index in [1.54, 1.807) is 19.1 Å². The van der Waals surface area contributed by atoms with E-state index in [2.05, 4.69) is 20.7 Å². The molecule has 0 saturated heterocycles. The highest BCUT2D eigenvalue weighted by molar-refractivity contribution is 9.10. The van der Waals surface area contributed by atoms with E-state index in [1.165, 1.54) is 63.8 Å². The van der Waals surface area contributed by atoms with Crippen molar-refractivity contribution in [3.8, 4) is 23.0 Å². The van der Waals surface area contributed by atoms with Crippen LogP contribution in [0.4, 0.5) is 5.69 Å². The molecule has 0 aliphatic carbocycles. The Morgan fingerprint density at radius 3 is 2.03 bits per heavy atom. The summed E-state index contributed by atoms with van der Waals surface area (Å²) in [4.78, 5) is 25.1. The van der Waals surface area contributed by atoms with Gasteiger partial charge >= 0.3 is 5.97 Å². The van der Waals surface area contributed by atoms with Crippen LogP contribution in [0.25, 0.3) is 0 Å². The van der Waals surface area contributed by atoms with Gasteiger partial charge in [-0.15, -0.1) is 0 Å². The molecule has 0 aliphatic rings. The molecule has 0 amide bonds. The lowest BCUT2D eigenvalue weighted by Crippen LogP contribution is -2.16. The molecule has 0 unspecified atom stereocenters. The number of sulfonamides is 1. The van der Waals surface area contributed by atoms with Crippen molar-refractivity contribution in [3.05, 3.63) is 70.2 Å². The molecule has 0 spiro atoms. The maximum atomic E-state index is 12.9. The number of hydrogen-bond donors (Lipinski definition) is 1. The first-order valence-corrected chi connectivity index (χ1v) is 13.5. The van der Waals surface area contributed by atoms with E-state index < -0.39 is 28.4 Å². The van der Waals surface area contributed by atoms with Gasteiger partial charge in [-0.3, -0.25) is 9.52 Å². The Labute approximate surface area is 229 Å². The van der Waals surface area contributed by atoms with E-state index in [9.17, 15) is 18.0 Å². The third-order valence-corrected chi connectivity index (χ3v) is 7.08. The Morgan fingerprint density at radius 2 is 1.47 bits per heavy atom. The van der Waals surface area contributed by atoms with Gasteiger partial charge in [-0.25, -0.2) is 13.2 Å². The van der Waals surface area contributed by atoms with Gasteiger partial charge in [0.1, 0.15) is 10.6 Å². The van der Waals surface area contributed by atoms with Crippen LogP contribution in [0.15, 0.2) is 64.0 Å². The Balaban J connectivity index is 1.68. The molecule has 0 atom stereocenters. The number of halogens is 1. The predicted octanol–water partition coefficient (Wildman–Crippen LogP) is 4.71. The second-order valence-electron chi connectivity index (χ2n) is 7.62. The molecule has 0 fully saturated rings. The van der Waals surface area contributed by atoms with Crippen LogP contribution < -0.4 is 23.7 Å². The fourth-order valence-electron chi connectivity index (χ4n) is 3.39. The molecule has 0 radical (unpaired) electrons. The molecule has 38 heavy (non-hydrogen) atoms. The summed E-state index contributed by atoms with van der Waals surface area (Å²) < 4.78 is 55.2. The number of benzene rings is 3. The lowest BCUT2D eigenvalue weighted by molar-refractivity contribution is 0.0474. The molecule has 1 N–H and O–H groups in total. The third kappa shape index (κ3) is 6.75. The molecule has 0 saturated carbocycles. The standard InChI is InChI=1S/C26H26BrNO9S/c1-5-36-21-11-8-18(27)14-24(21)38(31,32)28-19-9-6-16(7-10-19)26(30)37-15-20(29)17-12-22(33-2)25(35-4)23(13-17)34-3/h6-14,28H,5,15H2,1-4H3. The number of carbonyl (C=O) groups excluding carboxylic acids is 2. The first-order chi connectivity index (χ1) is 18.1. The Hall–Kier alpha value is -3.77. The summed E-state index contributed by atoms with van der Waals surface area (Å²) in [6.45, 7) is 1.51. The van der Waals surface area contributed by atoms with Crippen LogP contribution in [-0.4, -0.2) is 54.7 Å². The van der Waals surface area contributed by atoms with E-state index in [0.717, 1.165) is 0 Å². The van der Waals surface area contributed by atoms with Gasteiger partial charge in [-0.1, -0.05) is 15.9 Å². The number of methoxy groups -OCH3 is 3. The Morgan fingerprint density at radius 1 is 0.842 bits per heavy atom. The van der Waals surface area contributed by atoms with Gasteiger partial charge in [0, 0.05) is 15.7 Å². The lowest BCUT2D eigenvalue weighted by Gasteiger charge is -2.14. The number of nitrogens with one attached hydrogen (secondary N) is 1. The van der Waals surface area contributed by atoms with Crippen molar-refractivity contribution >= 4 is 43.4 Å². The number of esters is 1. The molecule has 3 aromatic carbocycles. The molecule has 0 aliphatic heterocycles. The molecule has 0 aromatic heterocycles. The average Bonchev–Trinajstić information content (AvgIpc) is 2.91. The molecular formula is C26H26BrNO9S. The molecule has 0 bridgehead atoms. The van der Waals surface area contributed by atoms with Gasteiger partial charge in [0.15, 0.2) is 18.1 Å². The summed E-state index contributed by atoms with van der Waals surface area (Å²) in [6.07, 6.45) is 0. The van der Waals surface area contributed by atoms with Crippen molar-refractivity contribution in [2.75, 3.05) is 39.3 Å². The van der Waals surface area contributed by atoms with E-state index in [4.69, 9.17) is 23.7 Å². The van der Waals surface area contributed by atoms with Crippen molar-refractivity contribution < 1.29 is 41.7 Å². The third-order valence-electron chi connectivity index (χ3n) is 5.19. The number of ether oxygens (including phenoxy) is 5. The zero-order chi connectivity index (χ0) is 27.9. The maximum Gasteiger partial charge on any atom is 0.338 e. The zero-order valence-electron chi connectivity index (χ0n) is 21.1. The second-order valence-corrected chi connectivity index (χ2v) is 10.2. The molecule has 3 aromatic rings. The molecule has 3 rings (SSSR count). The predicted molar refractivity (Wildman–Crippen MR) is 143 cm³/mol. The normalized spacial score (nSPS) is 10.9. The fraction of sp³-hybridized carbons (Fsp3) is 0.231. The topological polar surface area (TPSA) is 126 Å². The molecular weight excluding hydrogens is 582 g/mol. The van der Waals surface area contributed by atoms with E-state index in [0.29, 0.717) is 16.8 Å². The summed E-state index contributed by atoms with van der Waals surface area (Å²) in [6, 6.07) is 13.2. The van der Waals surface area contributed by atoms with Gasteiger partial charge in [-0.05, 0) is 61.5 Å². The molecule has 12 heteroatoms. The van der Waals surface area contributed by atoms with Crippen molar-refractivity contribution in [2.24, 2.45) is 0 Å². The number of Topliss-reactive ketones (excluding diaryl/α,β-unsaturated/α-hetero) is 1. The number of hydrogen-bond acceptors (Lipinski definition) is 9. The van der Waals surface area contributed by atoms with Crippen LogP contribution in [0.1, 0.15) is 27.6 Å². The van der Waals surface area contributed by atoms with Gasteiger partial charge < -0.3 is 23.7 Å². The first kappa shape index (κ1) is 28.8. The summed E-state index contributed by atoms with van der Waals surface area (Å²) in [5.74, 6) is -0.132. The molecule has 10 nitrogen and oxygen atoms in total. The zero-order valence-corrected chi connectivity index (χ0v) is 23.5. The van der Waals surface area contributed by atoms with Crippen LogP contribution >= 0.6 is 15.9 Å². The fourth-order valence-corrected chi connectivity index (χ4v) is 5.13. The quantitative estimate of drug-likeness (QED) is 0.230. The number of ketones is 1. The lowest BCUT2D eigenvalue weighted by atomic mass is 10.1. The summed E-state index contributed by atoms with van der Waals surface area (Å²) in [5.41, 5.74) is 0.552. The van der Waals surface area contributed by atoms with Gasteiger partial charge in [0.05, 0.1) is 33.5 Å². The van der Waals surface area contributed by atoms with E-state index in [-0.39, 0.29) is 39.0 Å². The van der Waals surface area contributed by atoms with Crippen LogP contribution in [0.5, 0.6) is 23.0 Å². The van der Waals surface area contributed by atoms with Crippen molar-refractivity contribution in [1.29, 1.82) is 0 Å². The minimum atomic E-state index is -3.99. The molecule has 202 valence electrons. The SMILES string of the molecule is CCOc1ccc(Br)cc1S(=O)(=O)Nc1ccc(C(=O)OCC(=O)c2cc(OC)c(OC)c(OC)c2)cc1. The van der Waals surface area contributed by atoms with Crippen molar-refractivity contribution in [2.45, 2.75) is 11.8 Å². The minimum absolute atomic E-state index is 0.0393. The summed E-state index contributed by atoms with van der Waals surface area (Å²) >= 11 is 3.27. The second kappa shape index (κ2) is 12.7. The minimum Gasteiger partial charge on any atom is -0.493 e. The van der Waals surface area contributed by atoms with Crippen molar-refractivity contribution in [3.63, 3.8) is 0 Å². The number of rotatable bonds is 12. The number of anilines is 1. The average molecular weight is 608 g/mol. The number of carbonyl (C=O) groups is 2. The van der Waals surface area contributed by atoms with Gasteiger partial charge in [0.25, 0.3) is 10.0 Å². The maximum absolute atomic E-state index is 12.9. The van der Waals surface area contributed by atoms with Crippen LogP contribution in [0.2, 0.25) is 0 Å². The Bertz CT molecular complexity index is 1400. The van der Waals surface area contributed by atoms with Crippen LogP contribution in [0.3, 0.4) is 0 Å².